The van der Waals surface area contributed by atoms with Gasteiger partial charge in [0.1, 0.15) is 5.69 Å². The molecular formula is C18H27ClN6O. The molecule has 26 heavy (non-hydrogen) atoms. The Kier molecular flexibility index (Phi) is 5.98. The molecule has 0 radical (unpaired) electrons. The molecule has 7 nitrogen and oxygen atoms in total. The average molecular weight is 379 g/mol. The molecule has 1 amide bonds. The fourth-order valence-electron chi connectivity index (χ4n) is 3.86. The van der Waals surface area contributed by atoms with Gasteiger partial charge in [0.25, 0.3) is 5.91 Å². The summed E-state index contributed by atoms with van der Waals surface area (Å²) in [5, 5.41) is 12.4. The quantitative estimate of drug-likeness (QED) is 0.889. The minimum absolute atomic E-state index is 0. The molecule has 8 heteroatoms. The summed E-state index contributed by atoms with van der Waals surface area (Å²) in [7, 11) is 0. The molecule has 2 aliphatic rings. The largest absolute Gasteiger partial charge is 0.335 e. The molecule has 0 aliphatic carbocycles. The number of nitrogens with zero attached hydrogens (tertiary/aromatic N) is 5. The first-order valence-electron chi connectivity index (χ1n) is 9.26. The van der Waals surface area contributed by atoms with Gasteiger partial charge in [0.15, 0.2) is 0 Å². The Hall–Kier alpha value is -1.86. The Morgan fingerprint density at radius 3 is 2.81 bits per heavy atom. The monoisotopic (exact) mass is 378 g/mol. The van der Waals surface area contributed by atoms with Gasteiger partial charge in [-0.05, 0) is 50.8 Å². The fraction of sp³-hybridized carbons (Fsp3) is 0.611. The highest BCUT2D eigenvalue weighted by molar-refractivity contribution is 5.92. The molecule has 4 rings (SSSR count). The van der Waals surface area contributed by atoms with Crippen LogP contribution in [-0.2, 0) is 0 Å². The Balaban J connectivity index is 0.00000196. The summed E-state index contributed by atoms with van der Waals surface area (Å²) in [6, 6.07) is 2.48. The van der Waals surface area contributed by atoms with Crippen molar-refractivity contribution >= 4 is 18.3 Å². The standard InChI is InChI=1S/C18H26N6O.ClH/c1-14-10-20-24(12-14)16-5-3-8-22(13-16)18(25)17-6-9-23(21-17)15-4-2-7-19-11-15;/h6,9-10,12,15-16,19H,2-5,7-8,11,13H2,1H3;1H. The molecule has 0 saturated carbocycles. The van der Waals surface area contributed by atoms with E-state index in [-0.39, 0.29) is 24.4 Å². The van der Waals surface area contributed by atoms with Gasteiger partial charge in [-0.25, -0.2) is 0 Å². The zero-order valence-corrected chi connectivity index (χ0v) is 16.0. The van der Waals surface area contributed by atoms with Crippen LogP contribution < -0.4 is 5.32 Å². The van der Waals surface area contributed by atoms with Gasteiger partial charge in [-0.3, -0.25) is 14.2 Å². The van der Waals surface area contributed by atoms with Gasteiger partial charge < -0.3 is 10.2 Å². The molecule has 4 heterocycles. The Morgan fingerprint density at radius 2 is 2.08 bits per heavy atom. The Labute approximate surface area is 160 Å². The lowest BCUT2D eigenvalue weighted by Gasteiger charge is -2.32. The highest BCUT2D eigenvalue weighted by Gasteiger charge is 2.27. The molecular weight excluding hydrogens is 352 g/mol. The highest BCUT2D eigenvalue weighted by atomic mass is 35.5. The molecule has 1 N–H and O–H groups in total. The van der Waals surface area contributed by atoms with Crippen molar-refractivity contribution in [1.29, 1.82) is 0 Å². The van der Waals surface area contributed by atoms with Crippen molar-refractivity contribution in [1.82, 2.24) is 29.8 Å². The highest BCUT2D eigenvalue weighted by Crippen LogP contribution is 2.23. The molecule has 2 fully saturated rings. The molecule has 0 bridgehead atoms. The molecule has 2 saturated heterocycles. The number of halogens is 1. The number of likely N-dealkylation sites (tertiary alicyclic amines) is 1. The van der Waals surface area contributed by atoms with Crippen molar-refractivity contribution in [2.45, 2.75) is 44.7 Å². The molecule has 2 aromatic heterocycles. The van der Waals surface area contributed by atoms with E-state index in [1.807, 2.05) is 39.6 Å². The summed E-state index contributed by atoms with van der Waals surface area (Å²) < 4.78 is 3.96. The number of amides is 1. The van der Waals surface area contributed by atoms with Crippen molar-refractivity contribution in [2.24, 2.45) is 0 Å². The van der Waals surface area contributed by atoms with Crippen LogP contribution in [0.15, 0.2) is 24.7 Å². The van der Waals surface area contributed by atoms with E-state index in [2.05, 4.69) is 21.7 Å². The predicted octanol–water partition coefficient (Wildman–Crippen LogP) is 2.21. The summed E-state index contributed by atoms with van der Waals surface area (Å²) in [6.45, 7) is 5.55. The van der Waals surface area contributed by atoms with E-state index < -0.39 is 0 Å². The van der Waals surface area contributed by atoms with Gasteiger partial charge >= 0.3 is 0 Å². The third kappa shape index (κ3) is 3.94. The molecule has 2 unspecified atom stereocenters. The number of aromatic nitrogens is 4. The number of nitrogens with one attached hydrogen (secondary N) is 1. The zero-order valence-electron chi connectivity index (χ0n) is 15.2. The van der Waals surface area contributed by atoms with Gasteiger partial charge in [-0.15, -0.1) is 12.4 Å². The number of aryl methyl sites for hydroxylation is 1. The number of piperidine rings is 2. The van der Waals surface area contributed by atoms with E-state index in [0.29, 0.717) is 18.3 Å². The van der Waals surface area contributed by atoms with Gasteiger partial charge in [-0.1, -0.05) is 0 Å². The summed E-state index contributed by atoms with van der Waals surface area (Å²) >= 11 is 0. The normalized spacial score (nSPS) is 23.5. The van der Waals surface area contributed by atoms with Gasteiger partial charge in [0.05, 0.1) is 18.3 Å². The number of carbonyl (C=O) groups is 1. The first-order valence-corrected chi connectivity index (χ1v) is 9.26. The van der Waals surface area contributed by atoms with E-state index >= 15 is 0 Å². The van der Waals surface area contributed by atoms with E-state index in [1.165, 1.54) is 0 Å². The maximum absolute atomic E-state index is 12.9. The van der Waals surface area contributed by atoms with Gasteiger partial charge in [-0.2, -0.15) is 10.2 Å². The van der Waals surface area contributed by atoms with Crippen LogP contribution in [0.25, 0.3) is 0 Å². The summed E-state index contributed by atoms with van der Waals surface area (Å²) in [5.41, 5.74) is 1.71. The first-order chi connectivity index (χ1) is 12.2. The van der Waals surface area contributed by atoms with Gasteiger partial charge in [0, 0.05) is 32.0 Å². The molecule has 142 valence electrons. The van der Waals surface area contributed by atoms with Crippen molar-refractivity contribution in [3.8, 4) is 0 Å². The zero-order chi connectivity index (χ0) is 17.2. The van der Waals surface area contributed by atoms with E-state index in [1.54, 1.807) is 0 Å². The number of carbonyl (C=O) groups excluding carboxylic acids is 1. The van der Waals surface area contributed by atoms with Crippen LogP contribution in [0.5, 0.6) is 0 Å². The van der Waals surface area contributed by atoms with E-state index in [0.717, 1.165) is 50.9 Å². The molecule has 2 aromatic rings. The Morgan fingerprint density at radius 1 is 1.23 bits per heavy atom. The van der Waals surface area contributed by atoms with Crippen molar-refractivity contribution in [3.63, 3.8) is 0 Å². The van der Waals surface area contributed by atoms with Crippen LogP contribution in [0.1, 0.15) is 53.8 Å². The van der Waals surface area contributed by atoms with Crippen LogP contribution in [0.2, 0.25) is 0 Å². The average Bonchev–Trinajstić information content (AvgIpc) is 3.31. The molecule has 2 atom stereocenters. The maximum atomic E-state index is 12.9. The maximum Gasteiger partial charge on any atom is 0.274 e. The first kappa shape index (κ1) is 18.9. The minimum Gasteiger partial charge on any atom is -0.335 e. The van der Waals surface area contributed by atoms with E-state index in [4.69, 9.17) is 0 Å². The van der Waals surface area contributed by atoms with Crippen molar-refractivity contribution in [3.05, 3.63) is 35.9 Å². The second-order valence-corrected chi connectivity index (χ2v) is 7.23. The third-order valence-electron chi connectivity index (χ3n) is 5.26. The van der Waals surface area contributed by atoms with Crippen LogP contribution in [0, 0.1) is 6.92 Å². The second kappa shape index (κ2) is 8.22. The van der Waals surface area contributed by atoms with Crippen LogP contribution in [0.3, 0.4) is 0 Å². The smallest absolute Gasteiger partial charge is 0.274 e. The minimum atomic E-state index is 0. The summed E-state index contributed by atoms with van der Waals surface area (Å²) in [5.74, 6) is 0.0381. The molecule has 0 aromatic carbocycles. The lowest BCUT2D eigenvalue weighted by molar-refractivity contribution is 0.0665. The molecule has 2 aliphatic heterocycles. The van der Waals surface area contributed by atoms with Crippen LogP contribution in [-0.4, -0.2) is 56.5 Å². The van der Waals surface area contributed by atoms with E-state index in [9.17, 15) is 4.79 Å². The predicted molar refractivity (Wildman–Crippen MR) is 102 cm³/mol. The van der Waals surface area contributed by atoms with Gasteiger partial charge in [0.2, 0.25) is 0 Å². The van der Waals surface area contributed by atoms with Crippen LogP contribution in [0.4, 0.5) is 0 Å². The topological polar surface area (TPSA) is 68.0 Å². The number of hydrogen-bond acceptors (Lipinski definition) is 4. The summed E-state index contributed by atoms with van der Waals surface area (Å²) in [4.78, 5) is 14.8. The molecule has 0 spiro atoms. The SMILES string of the molecule is Cc1cnn(C2CCCN(C(=O)c3ccn(C4CCCNC4)n3)C2)c1.Cl. The van der Waals surface area contributed by atoms with Crippen molar-refractivity contribution < 1.29 is 4.79 Å². The van der Waals surface area contributed by atoms with Crippen molar-refractivity contribution in [2.75, 3.05) is 26.2 Å². The number of rotatable bonds is 3. The lowest BCUT2D eigenvalue weighted by atomic mass is 10.1. The second-order valence-electron chi connectivity index (χ2n) is 7.23. The lowest BCUT2D eigenvalue weighted by Crippen LogP contribution is -2.41. The van der Waals surface area contributed by atoms with Crippen LogP contribution >= 0.6 is 12.4 Å². The Bertz CT molecular complexity index is 736. The summed E-state index contributed by atoms with van der Waals surface area (Å²) in [6.07, 6.45) is 10.2. The fourth-order valence-corrected chi connectivity index (χ4v) is 3.86. The number of hydrogen-bond donors (Lipinski definition) is 1. The third-order valence-corrected chi connectivity index (χ3v) is 5.26.